The van der Waals surface area contributed by atoms with Crippen LogP contribution >= 0.6 is 22.6 Å². The molecular weight excluding hydrogens is 319 g/mol. The van der Waals surface area contributed by atoms with Gasteiger partial charge in [-0.25, -0.2) is 13.8 Å². The molecule has 1 heterocycles. The molecule has 1 N–H and O–H groups in total. The molecule has 0 aliphatic rings. The Morgan fingerprint density at radius 3 is 2.73 bits per heavy atom. The number of aliphatic carboxylic acids is 1. The van der Waals surface area contributed by atoms with Crippen molar-refractivity contribution in [1.82, 2.24) is 4.98 Å². The summed E-state index contributed by atoms with van der Waals surface area (Å²) in [4.78, 5) is 14.2. The van der Waals surface area contributed by atoms with Crippen molar-refractivity contribution in [3.63, 3.8) is 0 Å². The quantitative estimate of drug-likeness (QED) is 0.686. The average Bonchev–Trinajstić information content (AvgIpc) is 2.09. The van der Waals surface area contributed by atoms with E-state index in [1.54, 1.807) is 22.6 Å². The van der Waals surface area contributed by atoms with Crippen molar-refractivity contribution in [3.8, 4) is 0 Å². The van der Waals surface area contributed by atoms with E-state index in [4.69, 9.17) is 5.11 Å². The molecule has 0 unspecified atom stereocenters. The molecule has 82 valence electrons. The lowest BCUT2D eigenvalue weighted by atomic mass is 10.0. The van der Waals surface area contributed by atoms with Crippen LogP contribution < -0.4 is 0 Å². The molecule has 0 atom stereocenters. The molecule has 0 aromatic carbocycles. The lowest BCUT2D eigenvalue weighted by molar-refractivity contribution is -0.136. The number of pyridine rings is 1. The predicted molar refractivity (Wildman–Crippen MR) is 58.0 cm³/mol. The van der Waals surface area contributed by atoms with Gasteiger partial charge in [-0.1, -0.05) is 0 Å². The summed E-state index contributed by atoms with van der Waals surface area (Å²) in [5, 5.41) is 8.57. The summed E-state index contributed by atoms with van der Waals surface area (Å²) < 4.78 is 25.4. The first-order chi connectivity index (χ1) is 6.93. The molecule has 0 amide bonds. The van der Waals surface area contributed by atoms with Gasteiger partial charge in [-0.3, -0.25) is 4.79 Å². The lowest BCUT2D eigenvalue weighted by Crippen LogP contribution is -2.07. The number of hydrogen-bond acceptors (Lipinski definition) is 2. The third-order valence-electron chi connectivity index (χ3n) is 2.00. The molecule has 0 saturated carbocycles. The summed E-state index contributed by atoms with van der Waals surface area (Å²) in [6.45, 7) is 1.49. The van der Waals surface area contributed by atoms with Crippen molar-refractivity contribution in [3.05, 3.63) is 26.6 Å². The molecule has 6 heteroatoms. The Balaban J connectivity index is 3.22. The average molecular weight is 327 g/mol. The number of carboxylic acid groups (broad SMARTS) is 1. The molecule has 0 radical (unpaired) electrons. The van der Waals surface area contributed by atoms with Gasteiger partial charge in [0.1, 0.15) is 3.70 Å². The summed E-state index contributed by atoms with van der Waals surface area (Å²) in [6, 6.07) is 0. The van der Waals surface area contributed by atoms with E-state index in [0.29, 0.717) is 11.1 Å². The SMILES string of the molecule is Cc1c(CC(=O)O)cnc(I)c1C(F)F. The van der Waals surface area contributed by atoms with Crippen molar-refractivity contribution in [2.45, 2.75) is 19.8 Å². The predicted octanol–water partition coefficient (Wildman–Crippen LogP) is 2.56. The van der Waals surface area contributed by atoms with Crippen LogP contribution in [0, 0.1) is 10.6 Å². The van der Waals surface area contributed by atoms with E-state index in [-0.39, 0.29) is 15.7 Å². The van der Waals surface area contributed by atoms with E-state index in [2.05, 4.69) is 4.98 Å². The molecule has 0 spiro atoms. The Hall–Kier alpha value is -0.790. The molecule has 0 saturated heterocycles. The Bertz CT molecular complexity index is 396. The molecule has 1 aromatic heterocycles. The highest BCUT2D eigenvalue weighted by Gasteiger charge is 2.19. The van der Waals surface area contributed by atoms with Gasteiger partial charge in [0.25, 0.3) is 6.43 Å². The van der Waals surface area contributed by atoms with Crippen LogP contribution in [0.3, 0.4) is 0 Å². The van der Waals surface area contributed by atoms with Gasteiger partial charge in [-0.2, -0.15) is 0 Å². The van der Waals surface area contributed by atoms with Crippen molar-refractivity contribution in [2.75, 3.05) is 0 Å². The summed E-state index contributed by atoms with van der Waals surface area (Å²) in [5.74, 6) is -1.05. The van der Waals surface area contributed by atoms with E-state index in [0.717, 1.165) is 0 Å². The maximum absolute atomic E-state index is 12.6. The molecule has 0 aliphatic heterocycles. The highest BCUT2D eigenvalue weighted by molar-refractivity contribution is 14.1. The van der Waals surface area contributed by atoms with Crippen molar-refractivity contribution >= 4 is 28.6 Å². The smallest absolute Gasteiger partial charge is 0.307 e. The van der Waals surface area contributed by atoms with Gasteiger partial charge in [-0.15, -0.1) is 0 Å². The van der Waals surface area contributed by atoms with Crippen LogP contribution in [0.4, 0.5) is 8.78 Å². The molecule has 1 aromatic rings. The van der Waals surface area contributed by atoms with Crippen LogP contribution in [0.2, 0.25) is 0 Å². The number of nitrogens with zero attached hydrogens (tertiary/aromatic N) is 1. The fraction of sp³-hybridized carbons (Fsp3) is 0.333. The first kappa shape index (κ1) is 12.3. The topological polar surface area (TPSA) is 50.2 Å². The minimum absolute atomic E-state index is 0.172. The first-order valence-electron chi connectivity index (χ1n) is 4.07. The second-order valence-corrected chi connectivity index (χ2v) is 4.01. The minimum atomic E-state index is -2.63. The zero-order valence-corrected chi connectivity index (χ0v) is 9.96. The number of hydrogen-bond donors (Lipinski definition) is 1. The molecular formula is C9H8F2INO2. The number of alkyl halides is 2. The molecule has 0 fully saturated rings. The summed E-state index contributed by atoms with van der Waals surface area (Å²) in [5.41, 5.74) is 0.472. The van der Waals surface area contributed by atoms with E-state index >= 15 is 0 Å². The van der Waals surface area contributed by atoms with Crippen LogP contribution in [0.25, 0.3) is 0 Å². The van der Waals surface area contributed by atoms with E-state index < -0.39 is 12.4 Å². The fourth-order valence-electron chi connectivity index (χ4n) is 1.22. The van der Waals surface area contributed by atoms with Crippen LogP contribution in [-0.2, 0) is 11.2 Å². The van der Waals surface area contributed by atoms with Crippen LogP contribution in [0.15, 0.2) is 6.20 Å². The zero-order chi connectivity index (χ0) is 11.6. The normalized spacial score (nSPS) is 10.7. The van der Waals surface area contributed by atoms with Crippen molar-refractivity contribution in [1.29, 1.82) is 0 Å². The molecule has 0 bridgehead atoms. The number of carboxylic acids is 1. The van der Waals surface area contributed by atoms with Gasteiger partial charge in [0.15, 0.2) is 0 Å². The molecule has 3 nitrogen and oxygen atoms in total. The molecule has 0 aliphatic carbocycles. The number of halogens is 3. The number of rotatable bonds is 3. The molecule has 15 heavy (non-hydrogen) atoms. The van der Waals surface area contributed by atoms with Gasteiger partial charge in [0.2, 0.25) is 0 Å². The number of carbonyl (C=O) groups is 1. The summed E-state index contributed by atoms with van der Waals surface area (Å²) >= 11 is 1.71. The van der Waals surface area contributed by atoms with Gasteiger partial charge in [-0.05, 0) is 40.6 Å². The van der Waals surface area contributed by atoms with Crippen LogP contribution in [0.5, 0.6) is 0 Å². The first-order valence-corrected chi connectivity index (χ1v) is 5.15. The Kier molecular flexibility index (Phi) is 3.95. The monoisotopic (exact) mass is 327 g/mol. The van der Waals surface area contributed by atoms with Gasteiger partial charge in [0.05, 0.1) is 12.0 Å². The van der Waals surface area contributed by atoms with Gasteiger partial charge >= 0.3 is 5.97 Å². The standard InChI is InChI=1S/C9H8F2INO2/c1-4-5(2-6(14)15)3-13-9(12)7(4)8(10)11/h3,8H,2H2,1H3,(H,14,15). The van der Waals surface area contributed by atoms with Crippen LogP contribution in [-0.4, -0.2) is 16.1 Å². The second-order valence-electron chi connectivity index (χ2n) is 2.98. The second kappa shape index (κ2) is 4.82. The van der Waals surface area contributed by atoms with Gasteiger partial charge in [0, 0.05) is 6.20 Å². The maximum atomic E-state index is 12.6. The fourth-order valence-corrected chi connectivity index (χ4v) is 2.00. The third kappa shape index (κ3) is 2.83. The zero-order valence-electron chi connectivity index (χ0n) is 7.80. The Labute approximate surface area is 98.7 Å². The Morgan fingerprint density at radius 2 is 2.27 bits per heavy atom. The highest BCUT2D eigenvalue weighted by atomic mass is 127. The van der Waals surface area contributed by atoms with Crippen molar-refractivity contribution in [2.24, 2.45) is 0 Å². The largest absolute Gasteiger partial charge is 0.481 e. The third-order valence-corrected chi connectivity index (χ3v) is 2.86. The highest BCUT2D eigenvalue weighted by Crippen LogP contribution is 2.28. The minimum Gasteiger partial charge on any atom is -0.481 e. The van der Waals surface area contributed by atoms with Gasteiger partial charge < -0.3 is 5.11 Å². The Morgan fingerprint density at radius 1 is 1.67 bits per heavy atom. The van der Waals surface area contributed by atoms with E-state index in [1.165, 1.54) is 13.1 Å². The summed E-state index contributed by atoms with van der Waals surface area (Å²) in [6.07, 6.45) is -1.58. The van der Waals surface area contributed by atoms with Crippen molar-refractivity contribution < 1.29 is 18.7 Å². The summed E-state index contributed by atoms with van der Waals surface area (Å²) in [7, 11) is 0. The van der Waals surface area contributed by atoms with Crippen LogP contribution in [0.1, 0.15) is 23.1 Å². The van der Waals surface area contributed by atoms with E-state index in [1.807, 2.05) is 0 Å². The lowest BCUT2D eigenvalue weighted by Gasteiger charge is -2.10. The van der Waals surface area contributed by atoms with E-state index in [9.17, 15) is 13.6 Å². The molecule has 1 rings (SSSR count). The maximum Gasteiger partial charge on any atom is 0.307 e. The number of aromatic nitrogens is 1.